The minimum Gasteiger partial charge on any atom is -0.464 e. The lowest BCUT2D eigenvalue weighted by molar-refractivity contribution is -0.147. The third kappa shape index (κ3) is 4.53. The van der Waals surface area contributed by atoms with Crippen molar-refractivity contribution in [2.24, 2.45) is 0 Å². The third-order valence-electron chi connectivity index (χ3n) is 4.40. The van der Waals surface area contributed by atoms with Crippen LogP contribution in [0, 0.1) is 0 Å². The van der Waals surface area contributed by atoms with Crippen LogP contribution >= 0.6 is 23.4 Å². The molecular formula is C20H17ClF3NO3S. The fourth-order valence-electron chi connectivity index (χ4n) is 3.07. The first kappa shape index (κ1) is 21.5. The molecule has 0 saturated carbocycles. The zero-order valence-electron chi connectivity index (χ0n) is 15.3. The summed E-state index contributed by atoms with van der Waals surface area (Å²) in [5, 5.41) is -0.225. The van der Waals surface area contributed by atoms with Gasteiger partial charge in [0, 0.05) is 21.9 Å². The lowest BCUT2D eigenvalue weighted by Crippen LogP contribution is -2.44. The standard InChI is InChI=1S/C20H17ClF3NO3S/c1-2-28-19(27)16-11-29-18(14-8-3-4-9-15(14)21)25(16)17(26)12-6-5-7-13(10-12)20(22,23)24/h3-10,16,18H,2,11H2,1H3. The number of thioether (sulfide) groups is 1. The molecule has 2 aromatic carbocycles. The summed E-state index contributed by atoms with van der Waals surface area (Å²) in [7, 11) is 0. The third-order valence-corrected chi connectivity index (χ3v) is 6.05. The first-order valence-corrected chi connectivity index (χ1v) is 10.2. The highest BCUT2D eigenvalue weighted by molar-refractivity contribution is 7.99. The number of hydrogen-bond donors (Lipinski definition) is 0. The lowest BCUT2D eigenvalue weighted by atomic mass is 10.1. The van der Waals surface area contributed by atoms with Crippen molar-refractivity contribution in [3.05, 3.63) is 70.2 Å². The van der Waals surface area contributed by atoms with Gasteiger partial charge >= 0.3 is 12.1 Å². The van der Waals surface area contributed by atoms with E-state index in [0.717, 1.165) is 12.1 Å². The zero-order chi connectivity index (χ0) is 21.2. The average Bonchev–Trinajstić information content (AvgIpc) is 3.12. The van der Waals surface area contributed by atoms with E-state index in [2.05, 4.69) is 0 Å². The van der Waals surface area contributed by atoms with Gasteiger partial charge in [-0.3, -0.25) is 4.79 Å². The molecule has 1 fully saturated rings. The molecular weight excluding hydrogens is 427 g/mol. The van der Waals surface area contributed by atoms with Crippen LogP contribution in [0.3, 0.4) is 0 Å². The lowest BCUT2D eigenvalue weighted by Gasteiger charge is -2.29. The van der Waals surface area contributed by atoms with E-state index in [-0.39, 0.29) is 17.9 Å². The number of halogens is 4. The summed E-state index contributed by atoms with van der Waals surface area (Å²) in [6.45, 7) is 1.77. The van der Waals surface area contributed by atoms with Gasteiger partial charge in [0.25, 0.3) is 5.91 Å². The Morgan fingerprint density at radius 1 is 1.21 bits per heavy atom. The normalized spacial score (nSPS) is 19.3. The minimum absolute atomic E-state index is 0.127. The Balaban J connectivity index is 2.03. The number of nitrogens with zero attached hydrogens (tertiary/aromatic N) is 1. The predicted octanol–water partition coefficient (Wildman–Crippen LogP) is 5.18. The molecule has 1 saturated heterocycles. The van der Waals surface area contributed by atoms with E-state index in [1.54, 1.807) is 31.2 Å². The van der Waals surface area contributed by atoms with Crippen molar-refractivity contribution >= 4 is 35.2 Å². The fraction of sp³-hybridized carbons (Fsp3) is 0.300. The molecule has 1 amide bonds. The Bertz CT molecular complexity index is 922. The van der Waals surface area contributed by atoms with Crippen molar-refractivity contribution in [2.75, 3.05) is 12.4 Å². The molecule has 3 rings (SSSR count). The highest BCUT2D eigenvalue weighted by Gasteiger charge is 2.44. The summed E-state index contributed by atoms with van der Waals surface area (Å²) >= 11 is 7.59. The molecule has 9 heteroatoms. The minimum atomic E-state index is -4.58. The van der Waals surface area contributed by atoms with Crippen LogP contribution in [0.1, 0.15) is 33.8 Å². The van der Waals surface area contributed by atoms with Crippen molar-refractivity contribution in [1.82, 2.24) is 4.90 Å². The molecule has 29 heavy (non-hydrogen) atoms. The number of carbonyl (C=O) groups is 2. The Morgan fingerprint density at radius 3 is 2.59 bits per heavy atom. The average molecular weight is 444 g/mol. The predicted molar refractivity (Wildman–Crippen MR) is 105 cm³/mol. The molecule has 2 atom stereocenters. The molecule has 4 nitrogen and oxygen atoms in total. The van der Waals surface area contributed by atoms with E-state index >= 15 is 0 Å². The first-order chi connectivity index (χ1) is 13.7. The van der Waals surface area contributed by atoms with Gasteiger partial charge in [0.05, 0.1) is 12.2 Å². The van der Waals surface area contributed by atoms with Crippen LogP contribution in [0.2, 0.25) is 5.02 Å². The molecule has 2 aromatic rings. The highest BCUT2D eigenvalue weighted by atomic mass is 35.5. The van der Waals surface area contributed by atoms with Crippen LogP contribution in [0.25, 0.3) is 0 Å². The molecule has 2 unspecified atom stereocenters. The van der Waals surface area contributed by atoms with E-state index in [4.69, 9.17) is 16.3 Å². The monoisotopic (exact) mass is 443 g/mol. The summed E-state index contributed by atoms with van der Waals surface area (Å²) in [5.74, 6) is -1.04. The van der Waals surface area contributed by atoms with Crippen molar-refractivity contribution in [2.45, 2.75) is 24.5 Å². The molecule has 0 aromatic heterocycles. The summed E-state index contributed by atoms with van der Waals surface area (Å²) < 4.78 is 44.3. The SMILES string of the molecule is CCOC(=O)C1CSC(c2ccccc2Cl)N1C(=O)c1cccc(C(F)(F)F)c1. The van der Waals surface area contributed by atoms with Gasteiger partial charge in [-0.2, -0.15) is 13.2 Å². The van der Waals surface area contributed by atoms with Crippen LogP contribution < -0.4 is 0 Å². The number of amides is 1. The van der Waals surface area contributed by atoms with E-state index < -0.39 is 35.0 Å². The topological polar surface area (TPSA) is 46.6 Å². The van der Waals surface area contributed by atoms with Crippen molar-refractivity contribution in [3.63, 3.8) is 0 Å². The number of benzene rings is 2. The van der Waals surface area contributed by atoms with Gasteiger partial charge in [0.2, 0.25) is 0 Å². The number of carbonyl (C=O) groups excluding carboxylic acids is 2. The number of esters is 1. The van der Waals surface area contributed by atoms with Crippen molar-refractivity contribution in [3.8, 4) is 0 Å². The fourth-order valence-corrected chi connectivity index (χ4v) is 4.82. The van der Waals surface area contributed by atoms with E-state index in [1.807, 2.05) is 0 Å². The van der Waals surface area contributed by atoms with Gasteiger partial charge in [-0.05, 0) is 31.2 Å². The smallest absolute Gasteiger partial charge is 0.416 e. The van der Waals surface area contributed by atoms with Crippen LogP contribution in [0.5, 0.6) is 0 Å². The quantitative estimate of drug-likeness (QED) is 0.611. The van der Waals surface area contributed by atoms with Gasteiger partial charge in [-0.1, -0.05) is 35.9 Å². The van der Waals surface area contributed by atoms with Gasteiger partial charge in [0.1, 0.15) is 11.4 Å². The Labute approximate surface area is 175 Å². The van der Waals surface area contributed by atoms with Gasteiger partial charge in [-0.25, -0.2) is 4.79 Å². The maximum absolute atomic E-state index is 13.2. The summed E-state index contributed by atoms with van der Waals surface area (Å²) in [5.41, 5.74) is -0.489. The number of alkyl halides is 3. The summed E-state index contributed by atoms with van der Waals surface area (Å²) in [4.78, 5) is 26.9. The maximum Gasteiger partial charge on any atom is 0.416 e. The highest BCUT2D eigenvalue weighted by Crippen LogP contribution is 2.45. The summed E-state index contributed by atoms with van der Waals surface area (Å²) in [6, 6.07) is 10.1. The van der Waals surface area contributed by atoms with Crippen LogP contribution in [-0.2, 0) is 15.7 Å². The van der Waals surface area contributed by atoms with Crippen LogP contribution in [0.15, 0.2) is 48.5 Å². The Kier molecular flexibility index (Phi) is 6.43. The molecule has 0 N–H and O–H groups in total. The number of rotatable bonds is 4. The molecule has 0 aliphatic carbocycles. The maximum atomic E-state index is 13.2. The van der Waals surface area contributed by atoms with Crippen molar-refractivity contribution in [1.29, 1.82) is 0 Å². The summed E-state index contributed by atoms with van der Waals surface area (Å²) in [6.07, 6.45) is -4.58. The first-order valence-electron chi connectivity index (χ1n) is 8.76. The Hall–Kier alpha value is -2.19. The van der Waals surface area contributed by atoms with Gasteiger partial charge in [-0.15, -0.1) is 11.8 Å². The number of ether oxygens (including phenoxy) is 1. The van der Waals surface area contributed by atoms with Gasteiger partial charge in [0.15, 0.2) is 0 Å². The van der Waals surface area contributed by atoms with E-state index in [9.17, 15) is 22.8 Å². The number of hydrogen-bond acceptors (Lipinski definition) is 4. The second-order valence-corrected chi connectivity index (χ2v) is 7.79. The molecule has 1 aliphatic rings. The van der Waals surface area contributed by atoms with Crippen LogP contribution in [0.4, 0.5) is 13.2 Å². The van der Waals surface area contributed by atoms with Gasteiger partial charge < -0.3 is 9.64 Å². The molecule has 154 valence electrons. The van der Waals surface area contributed by atoms with Crippen LogP contribution in [-0.4, -0.2) is 35.2 Å². The largest absolute Gasteiger partial charge is 0.464 e. The molecule has 0 radical (unpaired) electrons. The molecule has 0 bridgehead atoms. The molecule has 1 aliphatic heterocycles. The van der Waals surface area contributed by atoms with E-state index in [1.165, 1.54) is 28.8 Å². The Morgan fingerprint density at radius 2 is 1.93 bits per heavy atom. The molecule has 0 spiro atoms. The molecule has 1 heterocycles. The zero-order valence-corrected chi connectivity index (χ0v) is 16.9. The van der Waals surface area contributed by atoms with E-state index in [0.29, 0.717) is 10.6 Å². The second kappa shape index (κ2) is 8.67. The second-order valence-electron chi connectivity index (χ2n) is 6.27. The van der Waals surface area contributed by atoms with Crippen molar-refractivity contribution < 1.29 is 27.5 Å².